The van der Waals surface area contributed by atoms with E-state index in [1.54, 1.807) is 0 Å². The van der Waals surface area contributed by atoms with Crippen molar-refractivity contribution in [1.82, 2.24) is 0 Å². The number of alkyl halides is 1. The molecular weight excluding hydrogens is 298 g/mol. The van der Waals surface area contributed by atoms with Crippen molar-refractivity contribution in [3.05, 3.63) is 0 Å². The molecule has 0 atom stereocenters. The minimum Gasteiger partial charge on any atom is -0.323 e. The number of quaternary nitrogens is 1. The van der Waals surface area contributed by atoms with E-state index in [1.807, 2.05) is 0 Å². The van der Waals surface area contributed by atoms with Gasteiger partial charge in [-0.1, -0.05) is 56.0 Å². The van der Waals surface area contributed by atoms with Crippen molar-refractivity contribution < 1.29 is 4.48 Å². The highest BCUT2D eigenvalue weighted by atomic mass is 79.9. The van der Waals surface area contributed by atoms with Gasteiger partial charge in [-0.05, 0) is 38.5 Å². The summed E-state index contributed by atoms with van der Waals surface area (Å²) < 4.78 is 1.38. The van der Waals surface area contributed by atoms with Gasteiger partial charge in [0.2, 0.25) is 0 Å². The van der Waals surface area contributed by atoms with Gasteiger partial charge in [0.25, 0.3) is 0 Å². The van der Waals surface area contributed by atoms with Gasteiger partial charge in [-0.25, -0.2) is 0 Å². The smallest absolute Gasteiger partial charge is 0.0885 e. The first-order valence-corrected chi connectivity index (χ1v) is 9.77. The van der Waals surface area contributed by atoms with Crippen LogP contribution in [0.5, 0.6) is 0 Å². The van der Waals surface area contributed by atoms with E-state index in [0.717, 1.165) is 5.33 Å². The SMILES string of the molecule is CCCCC[N+](CCBr)(CCCCC)CCCCC. The first kappa shape index (κ1) is 19.4. The molecule has 0 aromatic heterocycles. The number of hydrogen-bond donors (Lipinski definition) is 0. The summed E-state index contributed by atoms with van der Waals surface area (Å²) >= 11 is 3.70. The Kier molecular flexibility index (Phi) is 13.7. The zero-order valence-electron chi connectivity index (χ0n) is 13.7. The second-order valence-electron chi connectivity index (χ2n) is 6.05. The fourth-order valence-electron chi connectivity index (χ4n) is 2.94. The van der Waals surface area contributed by atoms with Crippen LogP contribution in [0.15, 0.2) is 0 Å². The molecule has 0 saturated carbocycles. The lowest BCUT2D eigenvalue weighted by Gasteiger charge is -2.39. The fraction of sp³-hybridized carbons (Fsp3) is 1.00. The molecule has 0 aromatic rings. The number of unbranched alkanes of at least 4 members (excludes halogenated alkanes) is 6. The van der Waals surface area contributed by atoms with Gasteiger partial charge in [-0.15, -0.1) is 0 Å². The maximum absolute atomic E-state index is 3.70. The highest BCUT2D eigenvalue weighted by Crippen LogP contribution is 2.16. The summed E-state index contributed by atoms with van der Waals surface area (Å²) in [6.07, 6.45) is 12.5. The predicted molar refractivity (Wildman–Crippen MR) is 92.1 cm³/mol. The van der Waals surface area contributed by atoms with Crippen LogP contribution in [0, 0.1) is 0 Å². The van der Waals surface area contributed by atoms with E-state index in [2.05, 4.69) is 36.7 Å². The van der Waals surface area contributed by atoms with E-state index < -0.39 is 0 Å². The number of nitrogens with zero attached hydrogens (tertiary/aromatic N) is 1. The molecule has 1 nitrogen and oxygen atoms in total. The summed E-state index contributed by atoms with van der Waals surface area (Å²) in [6, 6.07) is 0. The third kappa shape index (κ3) is 9.90. The molecule has 0 N–H and O–H groups in total. The molecule has 0 saturated heterocycles. The molecule has 0 aliphatic rings. The quantitative estimate of drug-likeness (QED) is 0.215. The van der Waals surface area contributed by atoms with E-state index in [9.17, 15) is 0 Å². The Labute approximate surface area is 130 Å². The number of halogens is 1. The predicted octanol–water partition coefficient (Wildman–Crippen LogP) is 5.77. The minimum atomic E-state index is 1.16. The van der Waals surface area contributed by atoms with Crippen LogP contribution in [0.2, 0.25) is 0 Å². The molecule has 116 valence electrons. The summed E-state index contributed by atoms with van der Waals surface area (Å²) in [7, 11) is 0. The van der Waals surface area contributed by atoms with Crippen molar-refractivity contribution in [3.63, 3.8) is 0 Å². The van der Waals surface area contributed by atoms with Gasteiger partial charge in [0, 0.05) is 0 Å². The average molecular weight is 335 g/mol. The monoisotopic (exact) mass is 334 g/mol. The molecular formula is C17H37BrN+. The first-order chi connectivity index (χ1) is 9.24. The van der Waals surface area contributed by atoms with E-state index in [-0.39, 0.29) is 0 Å². The second kappa shape index (κ2) is 13.4. The Hall–Kier alpha value is 0.440. The third-order valence-electron chi connectivity index (χ3n) is 4.27. The van der Waals surface area contributed by atoms with Gasteiger partial charge < -0.3 is 4.48 Å². The number of rotatable bonds is 14. The van der Waals surface area contributed by atoms with Crippen molar-refractivity contribution in [1.29, 1.82) is 0 Å². The standard InChI is InChI=1S/C17H37BrN/c1-4-7-10-14-19(17-13-18,15-11-8-5-2)16-12-9-6-3/h4-17H2,1-3H3/q+1. The highest BCUT2D eigenvalue weighted by molar-refractivity contribution is 9.09. The van der Waals surface area contributed by atoms with E-state index >= 15 is 0 Å². The highest BCUT2D eigenvalue weighted by Gasteiger charge is 2.25. The Bertz CT molecular complexity index is 156. The topological polar surface area (TPSA) is 0 Å². The van der Waals surface area contributed by atoms with Crippen molar-refractivity contribution in [3.8, 4) is 0 Å². The molecule has 0 fully saturated rings. The molecule has 0 spiro atoms. The van der Waals surface area contributed by atoms with Crippen LogP contribution in [-0.2, 0) is 0 Å². The lowest BCUT2D eigenvalue weighted by atomic mass is 10.1. The largest absolute Gasteiger partial charge is 0.323 e. The van der Waals surface area contributed by atoms with Crippen LogP contribution in [0.25, 0.3) is 0 Å². The van der Waals surface area contributed by atoms with Crippen molar-refractivity contribution in [2.24, 2.45) is 0 Å². The molecule has 0 aliphatic heterocycles. The van der Waals surface area contributed by atoms with E-state index in [1.165, 1.54) is 88.4 Å². The maximum Gasteiger partial charge on any atom is 0.0885 e. The van der Waals surface area contributed by atoms with Crippen LogP contribution in [0.4, 0.5) is 0 Å². The average Bonchev–Trinajstić information content (AvgIpc) is 2.40. The molecule has 0 aromatic carbocycles. The Morgan fingerprint density at radius 3 is 1.21 bits per heavy atom. The van der Waals surface area contributed by atoms with Gasteiger partial charge in [0.05, 0.1) is 31.5 Å². The molecule has 0 aliphatic carbocycles. The van der Waals surface area contributed by atoms with E-state index in [0.29, 0.717) is 0 Å². The summed E-state index contributed by atoms with van der Waals surface area (Å²) in [6.45, 7) is 12.5. The van der Waals surface area contributed by atoms with Crippen molar-refractivity contribution in [2.75, 3.05) is 31.5 Å². The molecule has 0 amide bonds. The van der Waals surface area contributed by atoms with Crippen LogP contribution < -0.4 is 0 Å². The Morgan fingerprint density at radius 1 is 0.579 bits per heavy atom. The van der Waals surface area contributed by atoms with Crippen molar-refractivity contribution >= 4 is 15.9 Å². The zero-order chi connectivity index (χ0) is 14.4. The van der Waals surface area contributed by atoms with Crippen LogP contribution in [-0.4, -0.2) is 36.0 Å². The molecule has 0 radical (unpaired) electrons. The Morgan fingerprint density at radius 2 is 0.947 bits per heavy atom. The molecule has 0 heterocycles. The lowest BCUT2D eigenvalue weighted by Crippen LogP contribution is -2.51. The summed E-state index contributed by atoms with van der Waals surface area (Å²) in [5, 5.41) is 1.16. The minimum absolute atomic E-state index is 1.16. The van der Waals surface area contributed by atoms with E-state index in [4.69, 9.17) is 0 Å². The van der Waals surface area contributed by atoms with Crippen LogP contribution >= 0.6 is 15.9 Å². The lowest BCUT2D eigenvalue weighted by molar-refractivity contribution is -0.926. The second-order valence-corrected chi connectivity index (χ2v) is 6.84. The van der Waals surface area contributed by atoms with Crippen molar-refractivity contribution in [2.45, 2.75) is 78.6 Å². The third-order valence-corrected chi connectivity index (χ3v) is 4.62. The molecule has 0 rings (SSSR count). The molecule has 0 unspecified atom stereocenters. The van der Waals surface area contributed by atoms with Crippen LogP contribution in [0.3, 0.4) is 0 Å². The maximum atomic E-state index is 3.70. The normalized spacial score (nSPS) is 12.0. The van der Waals surface area contributed by atoms with Gasteiger partial charge in [-0.2, -0.15) is 0 Å². The summed E-state index contributed by atoms with van der Waals surface area (Å²) in [5.74, 6) is 0. The van der Waals surface area contributed by atoms with Crippen LogP contribution in [0.1, 0.15) is 78.6 Å². The number of hydrogen-bond acceptors (Lipinski definition) is 0. The molecule has 0 bridgehead atoms. The summed E-state index contributed by atoms with van der Waals surface area (Å²) in [5.41, 5.74) is 0. The van der Waals surface area contributed by atoms with Gasteiger partial charge >= 0.3 is 0 Å². The molecule has 19 heavy (non-hydrogen) atoms. The summed E-state index contributed by atoms with van der Waals surface area (Å²) in [4.78, 5) is 0. The zero-order valence-corrected chi connectivity index (χ0v) is 15.3. The molecule has 2 heteroatoms. The van der Waals surface area contributed by atoms with Gasteiger partial charge in [-0.3, -0.25) is 0 Å². The first-order valence-electron chi connectivity index (χ1n) is 8.65. The fourth-order valence-corrected chi connectivity index (χ4v) is 3.69. The van der Waals surface area contributed by atoms with Gasteiger partial charge in [0.1, 0.15) is 0 Å². The van der Waals surface area contributed by atoms with Gasteiger partial charge in [0.15, 0.2) is 0 Å². The Balaban J connectivity index is 4.37.